The number of amides is 1. The average Bonchev–Trinajstić information content (AvgIpc) is 3.23. The highest BCUT2D eigenvalue weighted by molar-refractivity contribution is 7.15. The maximum atomic E-state index is 12.6. The van der Waals surface area contributed by atoms with Crippen LogP contribution in [0.4, 0.5) is 5.13 Å². The van der Waals surface area contributed by atoms with Crippen molar-refractivity contribution in [1.29, 1.82) is 0 Å². The molecule has 3 aromatic rings. The second-order valence-corrected chi connectivity index (χ2v) is 8.70. The molecule has 1 aliphatic heterocycles. The molecule has 1 amide bonds. The van der Waals surface area contributed by atoms with Crippen molar-refractivity contribution in [2.75, 3.05) is 11.9 Å². The smallest absolute Gasteiger partial charge is 0.230 e. The highest BCUT2D eigenvalue weighted by Gasteiger charge is 2.23. The fraction of sp³-hybridized carbons (Fsp3) is 0.429. The minimum Gasteiger partial charge on any atom is -0.302 e. The first-order valence-electron chi connectivity index (χ1n) is 9.91. The zero-order valence-electron chi connectivity index (χ0n) is 17.1. The SMILES string of the molecule is Cc1nc(C)n(C[C@@H](C)C(=O)Nc2nc3c(s2)CN(Cc2ccccc2)CC3)n1. The molecule has 0 saturated heterocycles. The normalized spacial score (nSPS) is 15.1. The van der Waals surface area contributed by atoms with E-state index < -0.39 is 0 Å². The quantitative estimate of drug-likeness (QED) is 0.675. The van der Waals surface area contributed by atoms with Crippen molar-refractivity contribution in [1.82, 2.24) is 24.6 Å². The Hall–Kier alpha value is -2.58. The molecule has 152 valence electrons. The van der Waals surface area contributed by atoms with Crippen LogP contribution in [0.15, 0.2) is 30.3 Å². The lowest BCUT2D eigenvalue weighted by molar-refractivity contribution is -0.119. The van der Waals surface area contributed by atoms with Crippen molar-refractivity contribution >= 4 is 22.4 Å². The number of aryl methyl sites for hydroxylation is 2. The molecule has 1 aliphatic rings. The van der Waals surface area contributed by atoms with Crippen LogP contribution in [0.3, 0.4) is 0 Å². The maximum absolute atomic E-state index is 12.6. The number of benzene rings is 1. The Morgan fingerprint density at radius 2 is 2.03 bits per heavy atom. The third-order valence-corrected chi connectivity index (χ3v) is 6.14. The summed E-state index contributed by atoms with van der Waals surface area (Å²) >= 11 is 1.59. The average molecular weight is 411 g/mol. The molecule has 1 aromatic carbocycles. The summed E-state index contributed by atoms with van der Waals surface area (Å²) in [6.07, 6.45) is 0.918. The predicted molar refractivity (Wildman–Crippen MR) is 114 cm³/mol. The minimum absolute atomic E-state index is 0.0372. The zero-order valence-corrected chi connectivity index (χ0v) is 17.9. The Bertz CT molecular complexity index is 996. The molecule has 0 saturated carbocycles. The fourth-order valence-electron chi connectivity index (χ4n) is 3.58. The third-order valence-electron chi connectivity index (χ3n) is 5.15. The Labute approximate surface area is 174 Å². The van der Waals surface area contributed by atoms with Gasteiger partial charge < -0.3 is 5.32 Å². The van der Waals surface area contributed by atoms with E-state index in [-0.39, 0.29) is 11.8 Å². The molecule has 0 unspecified atom stereocenters. The number of nitrogens with zero attached hydrogens (tertiary/aromatic N) is 5. The van der Waals surface area contributed by atoms with Gasteiger partial charge in [-0.15, -0.1) is 11.3 Å². The standard InChI is InChI=1S/C21H26N6OS/c1-14(11-27-16(3)22-15(2)25-27)20(28)24-21-23-18-9-10-26(13-19(18)29-21)12-17-7-5-4-6-8-17/h4-8,14H,9-13H2,1-3H3,(H,23,24,28)/t14-/m1/s1. The molecule has 3 heterocycles. The predicted octanol–water partition coefficient (Wildman–Crippen LogP) is 3.18. The lowest BCUT2D eigenvalue weighted by Gasteiger charge is -2.25. The molecule has 0 aliphatic carbocycles. The third kappa shape index (κ3) is 4.71. The molecule has 29 heavy (non-hydrogen) atoms. The second kappa shape index (κ2) is 8.42. The molecule has 4 rings (SSSR count). The first-order valence-corrected chi connectivity index (χ1v) is 10.7. The molecular formula is C21H26N6OS. The summed E-state index contributed by atoms with van der Waals surface area (Å²) in [5.41, 5.74) is 2.44. The Morgan fingerprint density at radius 1 is 1.24 bits per heavy atom. The van der Waals surface area contributed by atoms with Crippen molar-refractivity contribution in [2.24, 2.45) is 5.92 Å². The van der Waals surface area contributed by atoms with E-state index in [2.05, 4.69) is 49.5 Å². The van der Waals surface area contributed by atoms with E-state index in [0.717, 1.165) is 43.4 Å². The minimum atomic E-state index is -0.217. The Morgan fingerprint density at radius 3 is 2.76 bits per heavy atom. The van der Waals surface area contributed by atoms with Gasteiger partial charge in [0.05, 0.1) is 18.2 Å². The van der Waals surface area contributed by atoms with E-state index in [1.165, 1.54) is 10.4 Å². The van der Waals surface area contributed by atoms with E-state index in [9.17, 15) is 4.79 Å². The van der Waals surface area contributed by atoms with Gasteiger partial charge in [0.25, 0.3) is 0 Å². The van der Waals surface area contributed by atoms with Gasteiger partial charge in [0.15, 0.2) is 5.13 Å². The van der Waals surface area contributed by atoms with E-state index in [0.29, 0.717) is 11.7 Å². The van der Waals surface area contributed by atoms with Crippen LogP contribution in [0.1, 0.15) is 34.7 Å². The van der Waals surface area contributed by atoms with Gasteiger partial charge in [-0.2, -0.15) is 5.10 Å². The van der Waals surface area contributed by atoms with E-state index >= 15 is 0 Å². The van der Waals surface area contributed by atoms with E-state index in [4.69, 9.17) is 0 Å². The summed E-state index contributed by atoms with van der Waals surface area (Å²) in [6.45, 7) is 8.98. The maximum Gasteiger partial charge on any atom is 0.230 e. The largest absolute Gasteiger partial charge is 0.302 e. The van der Waals surface area contributed by atoms with Crippen molar-refractivity contribution in [2.45, 2.75) is 46.8 Å². The van der Waals surface area contributed by atoms with E-state index in [1.54, 1.807) is 16.0 Å². The van der Waals surface area contributed by atoms with Crippen molar-refractivity contribution in [3.05, 3.63) is 58.1 Å². The van der Waals surface area contributed by atoms with Gasteiger partial charge in [0.1, 0.15) is 11.6 Å². The molecule has 0 radical (unpaired) electrons. The number of thiazole rings is 1. The summed E-state index contributed by atoms with van der Waals surface area (Å²) in [7, 11) is 0. The summed E-state index contributed by atoms with van der Waals surface area (Å²) in [5, 5.41) is 8.04. The fourth-order valence-corrected chi connectivity index (χ4v) is 4.64. The van der Waals surface area contributed by atoms with Gasteiger partial charge in [-0.1, -0.05) is 37.3 Å². The van der Waals surface area contributed by atoms with Crippen LogP contribution in [0, 0.1) is 19.8 Å². The number of fused-ring (bicyclic) bond motifs is 1. The Balaban J connectivity index is 1.36. The van der Waals surface area contributed by atoms with Crippen molar-refractivity contribution in [3.8, 4) is 0 Å². The lowest BCUT2D eigenvalue weighted by atomic mass is 10.1. The van der Waals surface area contributed by atoms with Crippen LogP contribution in [0.25, 0.3) is 0 Å². The molecular weight excluding hydrogens is 384 g/mol. The summed E-state index contributed by atoms with van der Waals surface area (Å²) in [6, 6.07) is 10.5. The summed E-state index contributed by atoms with van der Waals surface area (Å²) < 4.78 is 1.79. The van der Waals surface area contributed by atoms with Gasteiger partial charge in [-0.05, 0) is 19.4 Å². The van der Waals surface area contributed by atoms with Gasteiger partial charge in [0, 0.05) is 30.9 Å². The number of hydrogen-bond donors (Lipinski definition) is 1. The first kappa shape index (κ1) is 19.7. The summed E-state index contributed by atoms with van der Waals surface area (Å²) in [4.78, 5) is 25.3. The molecule has 0 spiro atoms. The molecule has 0 fully saturated rings. The highest BCUT2D eigenvalue weighted by atomic mass is 32.1. The van der Waals surface area contributed by atoms with Crippen LogP contribution in [-0.2, 0) is 30.8 Å². The number of carbonyl (C=O) groups is 1. The number of nitrogens with one attached hydrogen (secondary N) is 1. The molecule has 2 aromatic heterocycles. The van der Waals surface area contributed by atoms with Gasteiger partial charge in [0.2, 0.25) is 5.91 Å². The molecule has 7 nitrogen and oxygen atoms in total. The first-order chi connectivity index (χ1) is 14.0. The highest BCUT2D eigenvalue weighted by Crippen LogP contribution is 2.29. The van der Waals surface area contributed by atoms with Crippen molar-refractivity contribution < 1.29 is 4.79 Å². The van der Waals surface area contributed by atoms with Crippen LogP contribution < -0.4 is 5.32 Å². The lowest BCUT2D eigenvalue weighted by Crippen LogP contribution is -2.29. The summed E-state index contributed by atoms with van der Waals surface area (Å²) in [5.74, 6) is 1.29. The van der Waals surface area contributed by atoms with E-state index in [1.807, 2.05) is 26.8 Å². The Kier molecular flexibility index (Phi) is 5.73. The molecule has 1 N–H and O–H groups in total. The molecule has 0 bridgehead atoms. The van der Waals surface area contributed by atoms with Crippen LogP contribution in [-0.4, -0.2) is 37.1 Å². The zero-order chi connectivity index (χ0) is 20.4. The van der Waals surface area contributed by atoms with Gasteiger partial charge in [-0.25, -0.2) is 14.6 Å². The molecule has 8 heteroatoms. The van der Waals surface area contributed by atoms with Crippen LogP contribution >= 0.6 is 11.3 Å². The monoisotopic (exact) mass is 410 g/mol. The second-order valence-electron chi connectivity index (χ2n) is 7.61. The number of rotatable bonds is 6. The topological polar surface area (TPSA) is 75.9 Å². The number of anilines is 1. The van der Waals surface area contributed by atoms with Crippen LogP contribution in [0.2, 0.25) is 0 Å². The van der Waals surface area contributed by atoms with Crippen molar-refractivity contribution in [3.63, 3.8) is 0 Å². The number of hydrogen-bond acceptors (Lipinski definition) is 6. The number of aromatic nitrogens is 4. The van der Waals surface area contributed by atoms with Gasteiger partial charge >= 0.3 is 0 Å². The van der Waals surface area contributed by atoms with Crippen LogP contribution in [0.5, 0.6) is 0 Å². The van der Waals surface area contributed by atoms with Gasteiger partial charge in [-0.3, -0.25) is 9.69 Å². The number of carbonyl (C=O) groups excluding carboxylic acids is 1. The molecule has 1 atom stereocenters.